The lowest BCUT2D eigenvalue weighted by Gasteiger charge is -2.00. The average molecular weight is 235 g/mol. The van der Waals surface area contributed by atoms with Gasteiger partial charge >= 0.3 is 5.69 Å². The van der Waals surface area contributed by atoms with Crippen LogP contribution in [0.3, 0.4) is 0 Å². The van der Waals surface area contributed by atoms with Crippen molar-refractivity contribution in [1.29, 1.82) is 0 Å². The number of aryl methyl sites for hydroxylation is 1. The first-order valence-corrected chi connectivity index (χ1v) is 5.07. The lowest BCUT2D eigenvalue weighted by molar-refractivity contribution is 0.708. The summed E-state index contributed by atoms with van der Waals surface area (Å²) >= 11 is 0. The van der Waals surface area contributed by atoms with E-state index in [9.17, 15) is 9.59 Å². The Bertz CT molecular complexity index is 704. The Balaban J connectivity index is 2.77. The smallest absolute Gasteiger partial charge is 0.332 e. The number of H-pyrrole nitrogens is 1. The zero-order valence-electron chi connectivity index (χ0n) is 9.60. The van der Waals surface area contributed by atoms with Gasteiger partial charge in [-0.2, -0.15) is 0 Å². The summed E-state index contributed by atoms with van der Waals surface area (Å²) in [5, 5.41) is 0. The van der Waals surface area contributed by atoms with E-state index in [4.69, 9.17) is 5.73 Å². The number of nitrogens with two attached hydrogens (primary N) is 1. The van der Waals surface area contributed by atoms with Gasteiger partial charge in [0.2, 0.25) is 0 Å². The number of nitrogens with zero attached hydrogens (tertiary/aromatic N) is 3. The van der Waals surface area contributed by atoms with Crippen LogP contribution in [0.15, 0.2) is 21.9 Å². The van der Waals surface area contributed by atoms with Crippen molar-refractivity contribution >= 4 is 11.2 Å². The predicted octanol–water partition coefficient (Wildman–Crippen LogP) is -1.02. The van der Waals surface area contributed by atoms with E-state index in [2.05, 4.69) is 9.97 Å². The van der Waals surface area contributed by atoms with Crippen LogP contribution >= 0.6 is 0 Å². The number of imidazole rings is 1. The molecule has 17 heavy (non-hydrogen) atoms. The van der Waals surface area contributed by atoms with Gasteiger partial charge < -0.3 is 10.7 Å². The summed E-state index contributed by atoms with van der Waals surface area (Å²) in [5.74, 6) is 0.597. The number of hydrogen-bond donors (Lipinski definition) is 2. The van der Waals surface area contributed by atoms with Gasteiger partial charge in [-0.3, -0.25) is 13.9 Å². The van der Waals surface area contributed by atoms with Crippen LogP contribution in [-0.4, -0.2) is 19.1 Å². The highest BCUT2D eigenvalue weighted by atomic mass is 16.2. The summed E-state index contributed by atoms with van der Waals surface area (Å²) in [5.41, 5.74) is 5.15. The molecular weight excluding hydrogens is 222 g/mol. The Morgan fingerprint density at radius 2 is 2.06 bits per heavy atom. The predicted molar refractivity (Wildman–Crippen MR) is 63.6 cm³/mol. The van der Waals surface area contributed by atoms with Crippen molar-refractivity contribution in [2.45, 2.75) is 6.42 Å². The fourth-order valence-electron chi connectivity index (χ4n) is 1.65. The van der Waals surface area contributed by atoms with Gasteiger partial charge in [0.05, 0.1) is 0 Å². The second-order valence-corrected chi connectivity index (χ2v) is 3.72. The van der Waals surface area contributed by atoms with Crippen LogP contribution in [0.2, 0.25) is 0 Å². The van der Waals surface area contributed by atoms with Gasteiger partial charge in [-0.15, -0.1) is 0 Å². The van der Waals surface area contributed by atoms with Crippen LogP contribution in [0, 0.1) is 0 Å². The molecule has 0 atom stereocenters. The van der Waals surface area contributed by atoms with Crippen molar-refractivity contribution < 1.29 is 0 Å². The van der Waals surface area contributed by atoms with Crippen LogP contribution in [0.5, 0.6) is 0 Å². The third-order valence-electron chi connectivity index (χ3n) is 2.59. The highest BCUT2D eigenvalue weighted by molar-refractivity contribution is 5.69. The van der Waals surface area contributed by atoms with E-state index in [0.717, 1.165) is 4.57 Å². The van der Waals surface area contributed by atoms with Crippen LogP contribution in [0.1, 0.15) is 5.82 Å². The zero-order chi connectivity index (χ0) is 12.6. The van der Waals surface area contributed by atoms with Crippen molar-refractivity contribution in [3.05, 3.63) is 38.9 Å². The molecule has 2 heterocycles. The Hall–Kier alpha value is -2.31. The fourth-order valence-corrected chi connectivity index (χ4v) is 1.65. The largest absolute Gasteiger partial charge is 0.405 e. The standard InChI is InChI=1S/C10H13N5O2/c1-14-8-7(9(16)15(2)10(14)17)12-6(13-8)4-3-5-11/h3,5H,4,11H2,1-2H3,(H,12,13). The Kier molecular flexibility index (Phi) is 2.58. The summed E-state index contributed by atoms with van der Waals surface area (Å²) in [6, 6.07) is 0. The first-order valence-electron chi connectivity index (χ1n) is 5.07. The minimum Gasteiger partial charge on any atom is -0.405 e. The third kappa shape index (κ3) is 1.65. The maximum atomic E-state index is 11.8. The molecule has 0 saturated heterocycles. The van der Waals surface area contributed by atoms with Crippen LogP contribution in [0.4, 0.5) is 0 Å². The van der Waals surface area contributed by atoms with Gasteiger partial charge in [0, 0.05) is 20.5 Å². The maximum Gasteiger partial charge on any atom is 0.332 e. The number of aromatic amines is 1. The van der Waals surface area contributed by atoms with Gasteiger partial charge in [0.1, 0.15) is 11.3 Å². The molecule has 0 aliphatic heterocycles. The number of aromatic nitrogens is 4. The van der Waals surface area contributed by atoms with E-state index >= 15 is 0 Å². The van der Waals surface area contributed by atoms with Gasteiger partial charge in [-0.1, -0.05) is 6.08 Å². The lowest BCUT2D eigenvalue weighted by atomic mass is 10.4. The normalized spacial score (nSPS) is 11.6. The number of fused-ring (bicyclic) bond motifs is 1. The molecule has 0 aromatic carbocycles. The monoisotopic (exact) mass is 235 g/mol. The van der Waals surface area contributed by atoms with Crippen molar-refractivity contribution in [2.24, 2.45) is 19.8 Å². The molecule has 0 amide bonds. The zero-order valence-corrected chi connectivity index (χ0v) is 9.60. The van der Waals surface area contributed by atoms with E-state index in [1.54, 1.807) is 13.1 Å². The molecule has 2 rings (SSSR count). The molecule has 7 nitrogen and oxygen atoms in total. The topological polar surface area (TPSA) is 98.7 Å². The molecule has 7 heteroatoms. The molecule has 0 saturated carbocycles. The van der Waals surface area contributed by atoms with Gasteiger partial charge in [0.25, 0.3) is 5.56 Å². The summed E-state index contributed by atoms with van der Waals surface area (Å²) in [6.45, 7) is 0. The van der Waals surface area contributed by atoms with Crippen LogP contribution in [-0.2, 0) is 20.5 Å². The lowest BCUT2D eigenvalue weighted by Crippen LogP contribution is -2.36. The highest BCUT2D eigenvalue weighted by Gasteiger charge is 2.12. The minimum absolute atomic E-state index is 0.329. The molecule has 0 aliphatic carbocycles. The van der Waals surface area contributed by atoms with E-state index in [0.29, 0.717) is 23.4 Å². The molecule has 2 aromatic rings. The van der Waals surface area contributed by atoms with Crippen molar-refractivity contribution in [1.82, 2.24) is 19.1 Å². The van der Waals surface area contributed by atoms with Crippen LogP contribution < -0.4 is 17.0 Å². The molecule has 0 bridgehead atoms. The Morgan fingerprint density at radius 1 is 1.35 bits per heavy atom. The highest BCUT2D eigenvalue weighted by Crippen LogP contribution is 2.04. The molecule has 0 aliphatic rings. The quantitative estimate of drug-likeness (QED) is 0.695. The number of nitrogens with one attached hydrogen (secondary N) is 1. The maximum absolute atomic E-state index is 11.8. The van der Waals surface area contributed by atoms with Gasteiger partial charge in [-0.25, -0.2) is 9.78 Å². The number of hydrogen-bond acceptors (Lipinski definition) is 4. The van der Waals surface area contributed by atoms with Gasteiger partial charge in [0.15, 0.2) is 5.65 Å². The van der Waals surface area contributed by atoms with E-state index in [-0.39, 0.29) is 5.56 Å². The van der Waals surface area contributed by atoms with E-state index in [1.807, 2.05) is 0 Å². The molecule has 0 radical (unpaired) electrons. The fraction of sp³-hybridized carbons (Fsp3) is 0.300. The number of rotatable bonds is 2. The summed E-state index contributed by atoms with van der Waals surface area (Å²) < 4.78 is 2.38. The minimum atomic E-state index is -0.394. The summed E-state index contributed by atoms with van der Waals surface area (Å²) in [6.07, 6.45) is 3.60. The van der Waals surface area contributed by atoms with E-state index in [1.165, 1.54) is 17.8 Å². The molecular formula is C10H13N5O2. The third-order valence-corrected chi connectivity index (χ3v) is 2.59. The molecule has 0 fully saturated rings. The summed E-state index contributed by atoms with van der Waals surface area (Å²) in [4.78, 5) is 30.6. The molecule has 90 valence electrons. The van der Waals surface area contributed by atoms with Gasteiger partial charge in [-0.05, 0) is 6.20 Å². The van der Waals surface area contributed by atoms with E-state index < -0.39 is 5.69 Å². The average Bonchev–Trinajstić information content (AvgIpc) is 2.75. The Labute approximate surface area is 96.2 Å². The second-order valence-electron chi connectivity index (χ2n) is 3.72. The second kappa shape index (κ2) is 3.93. The molecule has 0 unspecified atom stereocenters. The Morgan fingerprint density at radius 3 is 2.71 bits per heavy atom. The molecule has 2 aromatic heterocycles. The molecule has 3 N–H and O–H groups in total. The van der Waals surface area contributed by atoms with Crippen molar-refractivity contribution in [3.8, 4) is 0 Å². The van der Waals surface area contributed by atoms with Crippen LogP contribution in [0.25, 0.3) is 11.2 Å². The number of allylic oxidation sites excluding steroid dienone is 1. The SMILES string of the molecule is Cn1c(=O)c2[nH]c(CC=CN)nc2n(C)c1=O. The first-order chi connectivity index (χ1) is 8.06. The first kappa shape index (κ1) is 11.2. The van der Waals surface area contributed by atoms with Crippen molar-refractivity contribution in [2.75, 3.05) is 0 Å². The summed E-state index contributed by atoms with van der Waals surface area (Å²) in [7, 11) is 3.01. The van der Waals surface area contributed by atoms with Crippen molar-refractivity contribution in [3.63, 3.8) is 0 Å². The molecule has 0 spiro atoms.